The molecule has 5 nitrogen and oxygen atoms in total. The monoisotopic (exact) mass is 340 g/mol. The van der Waals surface area contributed by atoms with Gasteiger partial charge in [-0.25, -0.2) is 8.42 Å². The molecule has 2 aliphatic rings. The fraction of sp³-hybridized carbons (Fsp3) is 0.533. The van der Waals surface area contributed by atoms with E-state index in [1.807, 2.05) is 29.2 Å². The van der Waals surface area contributed by atoms with E-state index in [1.54, 1.807) is 0 Å². The lowest BCUT2D eigenvalue weighted by atomic mass is 10.1. The van der Waals surface area contributed by atoms with Gasteiger partial charge < -0.3 is 15.0 Å². The van der Waals surface area contributed by atoms with Gasteiger partial charge in [0.1, 0.15) is 5.75 Å². The lowest BCUT2D eigenvalue weighted by Crippen LogP contribution is -2.36. The van der Waals surface area contributed by atoms with E-state index in [1.165, 1.54) is 0 Å². The van der Waals surface area contributed by atoms with Crippen LogP contribution < -0.4 is 15.0 Å². The van der Waals surface area contributed by atoms with E-state index in [4.69, 9.17) is 17.0 Å². The molecule has 0 amide bonds. The van der Waals surface area contributed by atoms with Crippen LogP contribution in [0.15, 0.2) is 24.3 Å². The number of nitrogens with zero attached hydrogens (tertiary/aromatic N) is 1. The van der Waals surface area contributed by atoms with Crippen LogP contribution in [0.1, 0.15) is 19.8 Å². The summed E-state index contributed by atoms with van der Waals surface area (Å²) in [6.45, 7) is 2.80. The van der Waals surface area contributed by atoms with Gasteiger partial charge in [-0.05, 0) is 30.8 Å². The molecule has 0 radical (unpaired) electrons. The highest BCUT2D eigenvalue weighted by atomic mass is 32.2. The number of rotatable bonds is 5. The Hall–Kier alpha value is -1.34. The zero-order valence-electron chi connectivity index (χ0n) is 12.5. The highest BCUT2D eigenvalue weighted by Crippen LogP contribution is 2.31. The number of anilines is 1. The molecule has 2 saturated heterocycles. The van der Waals surface area contributed by atoms with Gasteiger partial charge in [-0.1, -0.05) is 19.4 Å². The Morgan fingerprint density at radius 3 is 3.00 bits per heavy atom. The number of nitrogens with one attached hydrogen (secondary N) is 1. The Labute approximate surface area is 136 Å². The van der Waals surface area contributed by atoms with Crippen LogP contribution in [0.25, 0.3) is 0 Å². The number of thiocarbonyl (C=S) groups is 1. The summed E-state index contributed by atoms with van der Waals surface area (Å²) in [5.74, 6) is 1.09. The van der Waals surface area contributed by atoms with E-state index >= 15 is 0 Å². The molecule has 0 aromatic heterocycles. The lowest BCUT2D eigenvalue weighted by molar-refractivity contribution is 0.309. The lowest BCUT2D eigenvalue weighted by Gasteiger charge is -2.23. The first-order valence-corrected chi connectivity index (χ1v) is 9.76. The van der Waals surface area contributed by atoms with E-state index in [-0.39, 0.29) is 23.6 Å². The third kappa shape index (κ3) is 3.05. The minimum absolute atomic E-state index is 0.109. The minimum Gasteiger partial charge on any atom is -0.494 e. The first kappa shape index (κ1) is 15.6. The first-order valence-electron chi connectivity index (χ1n) is 7.53. The average molecular weight is 340 g/mol. The predicted molar refractivity (Wildman–Crippen MR) is 91.3 cm³/mol. The van der Waals surface area contributed by atoms with Crippen molar-refractivity contribution in [2.45, 2.75) is 31.8 Å². The summed E-state index contributed by atoms with van der Waals surface area (Å²) in [4.78, 5) is 1.91. The van der Waals surface area contributed by atoms with Gasteiger partial charge in [0, 0.05) is 11.8 Å². The topological polar surface area (TPSA) is 58.6 Å². The summed E-state index contributed by atoms with van der Waals surface area (Å²) in [6, 6.07) is 7.46. The van der Waals surface area contributed by atoms with Gasteiger partial charge in [-0.2, -0.15) is 0 Å². The molecule has 22 heavy (non-hydrogen) atoms. The van der Waals surface area contributed by atoms with Crippen LogP contribution in [0, 0.1) is 0 Å². The normalized spacial score (nSPS) is 25.9. The van der Waals surface area contributed by atoms with Crippen LogP contribution in [-0.4, -0.2) is 43.7 Å². The number of benzene rings is 1. The zero-order valence-corrected chi connectivity index (χ0v) is 14.1. The largest absolute Gasteiger partial charge is 0.494 e. The predicted octanol–water partition coefficient (Wildman–Crippen LogP) is 1.73. The summed E-state index contributed by atoms with van der Waals surface area (Å²) in [5, 5.41) is 3.72. The van der Waals surface area contributed by atoms with E-state index in [9.17, 15) is 8.42 Å². The van der Waals surface area contributed by atoms with E-state index < -0.39 is 9.84 Å². The van der Waals surface area contributed by atoms with E-state index in [0.29, 0.717) is 11.7 Å². The minimum atomic E-state index is -2.99. The number of unbranched alkanes of at least 4 members (excludes halogenated alkanes) is 1. The quantitative estimate of drug-likeness (QED) is 0.651. The van der Waals surface area contributed by atoms with Crippen molar-refractivity contribution in [3.63, 3.8) is 0 Å². The third-order valence-corrected chi connectivity index (χ3v) is 6.08. The maximum absolute atomic E-state index is 11.8. The van der Waals surface area contributed by atoms with Crippen LogP contribution in [0.4, 0.5) is 5.69 Å². The van der Waals surface area contributed by atoms with Crippen LogP contribution in [-0.2, 0) is 9.84 Å². The maximum Gasteiger partial charge on any atom is 0.174 e. The van der Waals surface area contributed by atoms with Gasteiger partial charge in [0.15, 0.2) is 14.9 Å². The fourth-order valence-corrected chi connectivity index (χ4v) is 5.25. The SMILES string of the molecule is CCCCOc1cccc(N2C(=S)N[C@@H]3CS(=O)(=O)C[C@@H]32)c1. The van der Waals surface area contributed by atoms with Crippen molar-refractivity contribution >= 4 is 32.9 Å². The van der Waals surface area contributed by atoms with Crippen molar-refractivity contribution in [1.82, 2.24) is 5.32 Å². The van der Waals surface area contributed by atoms with Crippen LogP contribution in [0.2, 0.25) is 0 Å². The number of hydrogen-bond donors (Lipinski definition) is 1. The molecule has 0 unspecified atom stereocenters. The van der Waals surface area contributed by atoms with Gasteiger partial charge in [0.2, 0.25) is 0 Å². The van der Waals surface area contributed by atoms with Crippen LogP contribution in [0.3, 0.4) is 0 Å². The smallest absolute Gasteiger partial charge is 0.174 e. The van der Waals surface area contributed by atoms with Crippen molar-refractivity contribution in [2.24, 2.45) is 0 Å². The maximum atomic E-state index is 11.8. The van der Waals surface area contributed by atoms with Gasteiger partial charge in [-0.15, -0.1) is 0 Å². The third-order valence-electron chi connectivity index (χ3n) is 4.04. The van der Waals surface area contributed by atoms with Gasteiger partial charge in [-0.3, -0.25) is 0 Å². The van der Waals surface area contributed by atoms with Gasteiger partial charge >= 0.3 is 0 Å². The molecule has 2 heterocycles. The summed E-state index contributed by atoms with van der Waals surface area (Å²) < 4.78 is 29.4. The molecule has 2 fully saturated rings. The van der Waals surface area contributed by atoms with Crippen molar-refractivity contribution < 1.29 is 13.2 Å². The van der Waals surface area contributed by atoms with E-state index in [0.717, 1.165) is 24.3 Å². The number of sulfone groups is 1. The van der Waals surface area contributed by atoms with E-state index in [2.05, 4.69) is 12.2 Å². The standard InChI is InChI=1S/C15H20N2O3S2/c1-2-3-7-20-12-6-4-5-11(8-12)17-14-10-22(18,19)9-13(14)16-15(17)21/h4-6,8,13-14H,2-3,7,9-10H2,1H3,(H,16,21)/t13-,14+/m1/s1. The molecule has 7 heteroatoms. The number of ether oxygens (including phenoxy) is 1. The molecule has 0 bridgehead atoms. The molecule has 0 aliphatic carbocycles. The molecule has 2 atom stereocenters. The van der Waals surface area contributed by atoms with Gasteiger partial charge in [0.25, 0.3) is 0 Å². The Morgan fingerprint density at radius 2 is 2.23 bits per heavy atom. The summed E-state index contributed by atoms with van der Waals surface area (Å²) >= 11 is 5.38. The summed E-state index contributed by atoms with van der Waals surface area (Å²) in [5.41, 5.74) is 0.885. The van der Waals surface area contributed by atoms with Gasteiger partial charge in [0.05, 0.1) is 30.2 Å². The molecular weight excluding hydrogens is 320 g/mol. The second-order valence-corrected chi connectivity index (χ2v) is 8.31. The highest BCUT2D eigenvalue weighted by Gasteiger charge is 2.47. The number of hydrogen-bond acceptors (Lipinski definition) is 4. The van der Waals surface area contributed by atoms with Crippen molar-refractivity contribution in [2.75, 3.05) is 23.0 Å². The zero-order chi connectivity index (χ0) is 15.7. The molecule has 1 N–H and O–H groups in total. The number of fused-ring (bicyclic) bond motifs is 1. The average Bonchev–Trinajstić information content (AvgIpc) is 2.89. The molecule has 3 rings (SSSR count). The highest BCUT2D eigenvalue weighted by molar-refractivity contribution is 7.91. The van der Waals surface area contributed by atoms with Crippen molar-refractivity contribution in [3.05, 3.63) is 24.3 Å². The molecule has 0 saturated carbocycles. The van der Waals surface area contributed by atoms with Crippen molar-refractivity contribution in [1.29, 1.82) is 0 Å². The molecule has 1 aromatic carbocycles. The van der Waals surface area contributed by atoms with Crippen LogP contribution >= 0.6 is 12.2 Å². The second-order valence-electron chi connectivity index (χ2n) is 5.77. The summed E-state index contributed by atoms with van der Waals surface area (Å²) in [6.07, 6.45) is 2.10. The van der Waals surface area contributed by atoms with Crippen molar-refractivity contribution in [3.8, 4) is 5.75 Å². The Morgan fingerprint density at radius 1 is 1.41 bits per heavy atom. The van der Waals surface area contributed by atoms with Crippen LogP contribution in [0.5, 0.6) is 5.75 Å². The molecule has 1 aromatic rings. The Balaban J connectivity index is 1.81. The molecule has 0 spiro atoms. The molecular formula is C15H20N2O3S2. The first-order chi connectivity index (χ1) is 10.5. The fourth-order valence-electron chi connectivity index (χ4n) is 2.97. The second kappa shape index (κ2) is 6.04. The molecule has 120 valence electrons. The Bertz CT molecular complexity index is 675. The molecule has 2 aliphatic heterocycles. The Kier molecular flexibility index (Phi) is 4.27. The summed E-state index contributed by atoms with van der Waals surface area (Å²) in [7, 11) is -2.99.